The quantitative estimate of drug-likeness (QED) is 0.368. The lowest BCUT2D eigenvalue weighted by atomic mass is 10.1. The molecule has 0 unspecified atom stereocenters. The maximum atomic E-state index is 13.7. The molecule has 0 fully saturated rings. The van der Waals surface area contributed by atoms with E-state index in [1.165, 1.54) is 17.0 Å². The summed E-state index contributed by atoms with van der Waals surface area (Å²) >= 11 is 18.4. The molecule has 0 aliphatic rings. The Bertz CT molecular complexity index is 1190. The van der Waals surface area contributed by atoms with Crippen LogP contribution >= 0.6 is 34.8 Å². The van der Waals surface area contributed by atoms with Crippen LogP contribution in [-0.2, 0) is 26.2 Å². The second-order valence-corrected chi connectivity index (χ2v) is 12.2. The lowest BCUT2D eigenvalue weighted by Crippen LogP contribution is -2.52. The zero-order valence-electron chi connectivity index (χ0n) is 21.0. The zero-order chi connectivity index (χ0) is 27.2. The molecule has 0 aliphatic heterocycles. The Labute approximate surface area is 228 Å². The van der Waals surface area contributed by atoms with Gasteiger partial charge < -0.3 is 10.2 Å². The van der Waals surface area contributed by atoms with E-state index in [4.69, 9.17) is 34.8 Å². The highest BCUT2D eigenvalue weighted by atomic mass is 35.5. The van der Waals surface area contributed by atoms with Gasteiger partial charge >= 0.3 is 0 Å². The van der Waals surface area contributed by atoms with E-state index in [0.29, 0.717) is 13.0 Å². The molecular formula is C25H32Cl3N3O4S. The average molecular weight is 577 g/mol. The van der Waals surface area contributed by atoms with Crippen molar-refractivity contribution in [1.29, 1.82) is 0 Å². The van der Waals surface area contributed by atoms with E-state index in [2.05, 4.69) is 5.32 Å². The molecule has 0 aliphatic carbocycles. The van der Waals surface area contributed by atoms with Crippen LogP contribution < -0.4 is 9.62 Å². The van der Waals surface area contributed by atoms with E-state index in [1.807, 2.05) is 45.0 Å². The van der Waals surface area contributed by atoms with Gasteiger partial charge in [-0.3, -0.25) is 13.9 Å². The van der Waals surface area contributed by atoms with Gasteiger partial charge in [0.05, 0.1) is 27.0 Å². The fourth-order valence-electron chi connectivity index (χ4n) is 3.53. The predicted octanol–water partition coefficient (Wildman–Crippen LogP) is 5.30. The van der Waals surface area contributed by atoms with Crippen molar-refractivity contribution in [2.45, 2.75) is 46.7 Å². The molecular weight excluding hydrogens is 545 g/mol. The van der Waals surface area contributed by atoms with Crippen molar-refractivity contribution in [2.75, 3.05) is 23.7 Å². The molecule has 0 radical (unpaired) electrons. The van der Waals surface area contributed by atoms with Gasteiger partial charge in [0.1, 0.15) is 12.6 Å². The van der Waals surface area contributed by atoms with Crippen molar-refractivity contribution in [3.63, 3.8) is 0 Å². The SMILES string of the molecule is CC[C@@H](C(=O)NCC(C)C)N(Cc1ccc(C)cc1)C(=O)CN(c1cc(Cl)c(Cl)cc1Cl)S(C)(=O)=O. The first-order valence-electron chi connectivity index (χ1n) is 11.5. The standard InChI is InChI=1S/C25H32Cl3N3O4S/c1-6-22(25(33)29-13-16(2)3)30(14-18-9-7-17(4)8-10-18)24(32)15-31(36(5,34)35)23-12-20(27)19(26)11-21(23)28/h7-12,16,22H,6,13-15H2,1-5H3,(H,29,33)/t22-/m0/s1. The Hall–Kier alpha value is -2.00. The summed E-state index contributed by atoms with van der Waals surface area (Å²) in [6.45, 7) is 7.71. The molecule has 2 amide bonds. The molecule has 0 saturated heterocycles. The molecule has 2 rings (SSSR count). The number of aryl methyl sites for hydroxylation is 1. The molecule has 7 nitrogen and oxygen atoms in total. The summed E-state index contributed by atoms with van der Waals surface area (Å²) in [5, 5.41) is 3.15. The van der Waals surface area contributed by atoms with Crippen LogP contribution in [0.4, 0.5) is 5.69 Å². The summed E-state index contributed by atoms with van der Waals surface area (Å²) in [6, 6.07) is 9.39. The minimum Gasteiger partial charge on any atom is -0.354 e. The second kappa shape index (κ2) is 13.0. The first-order valence-corrected chi connectivity index (χ1v) is 14.5. The van der Waals surface area contributed by atoms with Crippen LogP contribution in [0.15, 0.2) is 36.4 Å². The van der Waals surface area contributed by atoms with Gasteiger partial charge in [-0.25, -0.2) is 8.42 Å². The maximum absolute atomic E-state index is 13.7. The van der Waals surface area contributed by atoms with Crippen molar-refractivity contribution in [1.82, 2.24) is 10.2 Å². The highest BCUT2D eigenvalue weighted by Gasteiger charge is 2.32. The smallest absolute Gasteiger partial charge is 0.244 e. The van der Waals surface area contributed by atoms with E-state index in [0.717, 1.165) is 21.7 Å². The van der Waals surface area contributed by atoms with Gasteiger partial charge in [0, 0.05) is 13.1 Å². The lowest BCUT2D eigenvalue weighted by Gasteiger charge is -2.33. The predicted molar refractivity (Wildman–Crippen MR) is 147 cm³/mol. The molecule has 36 heavy (non-hydrogen) atoms. The number of halogens is 3. The molecule has 0 aromatic heterocycles. The molecule has 0 heterocycles. The topological polar surface area (TPSA) is 86.8 Å². The van der Waals surface area contributed by atoms with Crippen LogP contribution in [0, 0.1) is 12.8 Å². The van der Waals surface area contributed by atoms with E-state index in [1.54, 1.807) is 6.92 Å². The molecule has 0 bridgehead atoms. The number of benzene rings is 2. The van der Waals surface area contributed by atoms with E-state index in [-0.39, 0.29) is 39.1 Å². The molecule has 11 heteroatoms. The minimum atomic E-state index is -3.95. The van der Waals surface area contributed by atoms with E-state index >= 15 is 0 Å². The van der Waals surface area contributed by atoms with Crippen molar-refractivity contribution in [2.24, 2.45) is 5.92 Å². The number of carbonyl (C=O) groups excluding carboxylic acids is 2. The summed E-state index contributed by atoms with van der Waals surface area (Å²) < 4.78 is 26.3. The summed E-state index contributed by atoms with van der Waals surface area (Å²) in [7, 11) is -3.95. The number of carbonyl (C=O) groups is 2. The van der Waals surface area contributed by atoms with Crippen LogP contribution in [0.1, 0.15) is 38.3 Å². The number of sulfonamides is 1. The van der Waals surface area contributed by atoms with Crippen molar-refractivity contribution >= 4 is 62.3 Å². The Balaban J connectivity index is 2.48. The molecule has 2 aromatic rings. The highest BCUT2D eigenvalue weighted by molar-refractivity contribution is 7.92. The Kier molecular flexibility index (Phi) is 10.9. The summed E-state index contributed by atoms with van der Waals surface area (Å²) in [4.78, 5) is 28.2. The van der Waals surface area contributed by atoms with Gasteiger partial charge in [-0.1, -0.05) is 85.4 Å². The fourth-order valence-corrected chi connectivity index (χ4v) is 5.08. The molecule has 198 valence electrons. The van der Waals surface area contributed by atoms with Crippen LogP contribution in [0.25, 0.3) is 0 Å². The van der Waals surface area contributed by atoms with E-state index < -0.39 is 28.5 Å². The molecule has 0 spiro atoms. The summed E-state index contributed by atoms with van der Waals surface area (Å²) in [5.41, 5.74) is 1.88. The normalized spacial score (nSPS) is 12.4. The molecule has 0 saturated carbocycles. The van der Waals surface area contributed by atoms with Crippen molar-refractivity contribution in [3.05, 3.63) is 62.6 Å². The van der Waals surface area contributed by atoms with Crippen LogP contribution in [0.2, 0.25) is 15.1 Å². The van der Waals surface area contributed by atoms with Gasteiger partial charge in [0.2, 0.25) is 21.8 Å². The van der Waals surface area contributed by atoms with Crippen molar-refractivity contribution in [3.8, 4) is 0 Å². The number of rotatable bonds is 11. The molecule has 1 atom stereocenters. The van der Waals surface area contributed by atoms with Crippen LogP contribution in [0.5, 0.6) is 0 Å². The third kappa shape index (κ3) is 8.26. The third-order valence-corrected chi connectivity index (χ3v) is 7.63. The third-order valence-electron chi connectivity index (χ3n) is 5.48. The van der Waals surface area contributed by atoms with Gasteiger partial charge in [0.25, 0.3) is 0 Å². The van der Waals surface area contributed by atoms with Gasteiger partial charge in [-0.2, -0.15) is 0 Å². The second-order valence-electron chi connectivity index (χ2n) is 9.06. The molecule has 2 aromatic carbocycles. The van der Waals surface area contributed by atoms with Crippen molar-refractivity contribution < 1.29 is 18.0 Å². The summed E-state index contributed by atoms with van der Waals surface area (Å²) in [5.74, 6) is -0.634. The average Bonchev–Trinajstić information content (AvgIpc) is 2.79. The monoisotopic (exact) mass is 575 g/mol. The maximum Gasteiger partial charge on any atom is 0.244 e. The number of hydrogen-bond donors (Lipinski definition) is 1. The lowest BCUT2D eigenvalue weighted by molar-refractivity contribution is -0.140. The Morgan fingerprint density at radius 1 is 1.00 bits per heavy atom. The van der Waals surface area contributed by atoms with Gasteiger partial charge in [0.15, 0.2) is 0 Å². The van der Waals surface area contributed by atoms with Crippen LogP contribution in [0.3, 0.4) is 0 Å². The summed E-state index contributed by atoms with van der Waals surface area (Å²) in [6.07, 6.45) is 1.31. The Morgan fingerprint density at radius 2 is 1.58 bits per heavy atom. The number of amides is 2. The number of hydrogen-bond acceptors (Lipinski definition) is 4. The number of anilines is 1. The van der Waals surface area contributed by atoms with Gasteiger partial charge in [-0.05, 0) is 37.0 Å². The zero-order valence-corrected chi connectivity index (χ0v) is 24.1. The number of nitrogens with zero attached hydrogens (tertiary/aromatic N) is 2. The fraction of sp³-hybridized carbons (Fsp3) is 0.440. The van der Waals surface area contributed by atoms with E-state index in [9.17, 15) is 18.0 Å². The van der Waals surface area contributed by atoms with Crippen LogP contribution in [-0.4, -0.2) is 50.5 Å². The highest BCUT2D eigenvalue weighted by Crippen LogP contribution is 2.35. The first kappa shape index (κ1) is 30.2. The Morgan fingerprint density at radius 3 is 2.11 bits per heavy atom. The largest absolute Gasteiger partial charge is 0.354 e. The minimum absolute atomic E-state index is 0.0226. The first-order chi connectivity index (χ1) is 16.7. The molecule has 1 N–H and O–H groups in total. The number of nitrogens with one attached hydrogen (secondary N) is 1. The van der Waals surface area contributed by atoms with Gasteiger partial charge in [-0.15, -0.1) is 0 Å².